The van der Waals surface area contributed by atoms with Crippen molar-refractivity contribution in [1.29, 1.82) is 0 Å². The molecule has 2 aliphatic rings. The van der Waals surface area contributed by atoms with Crippen molar-refractivity contribution in [2.24, 2.45) is 11.3 Å². The zero-order valence-electron chi connectivity index (χ0n) is 10.8. The minimum absolute atomic E-state index is 0.554. The third kappa shape index (κ3) is 3.64. The van der Waals surface area contributed by atoms with Gasteiger partial charge >= 0.3 is 0 Å². The van der Waals surface area contributed by atoms with Crippen molar-refractivity contribution in [3.63, 3.8) is 0 Å². The molecule has 1 unspecified atom stereocenters. The van der Waals surface area contributed by atoms with E-state index in [0.29, 0.717) is 5.41 Å². The molecule has 0 radical (unpaired) electrons. The molecule has 2 rings (SSSR count). The molecule has 2 fully saturated rings. The monoisotopic (exact) mass is 242 g/mol. The average molecular weight is 242 g/mol. The van der Waals surface area contributed by atoms with E-state index in [0.717, 1.165) is 5.92 Å². The molecular weight excluding hydrogens is 216 g/mol. The van der Waals surface area contributed by atoms with E-state index < -0.39 is 0 Å². The third-order valence-corrected chi connectivity index (χ3v) is 5.43. The topological polar surface area (TPSA) is 15.3 Å². The van der Waals surface area contributed by atoms with Crippen molar-refractivity contribution < 1.29 is 0 Å². The Balaban J connectivity index is 1.64. The lowest BCUT2D eigenvalue weighted by Gasteiger charge is -2.38. The Morgan fingerprint density at radius 3 is 2.75 bits per heavy atom. The van der Waals surface area contributed by atoms with Gasteiger partial charge in [-0.1, -0.05) is 6.92 Å². The van der Waals surface area contributed by atoms with Crippen LogP contribution in [0.2, 0.25) is 0 Å². The molecule has 0 bridgehead atoms. The number of nitrogens with one attached hydrogen (secondary N) is 1. The molecule has 0 saturated carbocycles. The number of nitrogens with zero attached hydrogens (tertiary/aromatic N) is 1. The molecule has 0 aromatic heterocycles. The second kappa shape index (κ2) is 5.74. The summed E-state index contributed by atoms with van der Waals surface area (Å²) in [5.41, 5.74) is 0.554. The first-order chi connectivity index (χ1) is 7.68. The van der Waals surface area contributed by atoms with E-state index in [4.69, 9.17) is 0 Å². The highest BCUT2D eigenvalue weighted by Crippen LogP contribution is 2.29. The van der Waals surface area contributed by atoms with Gasteiger partial charge in [0.05, 0.1) is 0 Å². The minimum Gasteiger partial charge on any atom is -0.316 e. The number of hydrogen-bond acceptors (Lipinski definition) is 3. The molecule has 3 heteroatoms. The van der Waals surface area contributed by atoms with Gasteiger partial charge in [0, 0.05) is 6.54 Å². The standard InChI is InChI=1S/C13H26N2S/c1-13(4-6-15(2)7-5-13)11-14-9-12-3-8-16-10-12/h12,14H,3-11H2,1-2H3. The van der Waals surface area contributed by atoms with Crippen molar-refractivity contribution >= 4 is 11.8 Å². The van der Waals surface area contributed by atoms with Gasteiger partial charge in [-0.3, -0.25) is 0 Å². The molecule has 2 saturated heterocycles. The van der Waals surface area contributed by atoms with Gasteiger partial charge in [0.1, 0.15) is 0 Å². The largest absolute Gasteiger partial charge is 0.316 e. The van der Waals surface area contributed by atoms with Crippen LogP contribution in [0.25, 0.3) is 0 Å². The third-order valence-electron chi connectivity index (χ3n) is 4.20. The first-order valence-electron chi connectivity index (χ1n) is 6.65. The van der Waals surface area contributed by atoms with Gasteiger partial charge in [0.25, 0.3) is 0 Å². The summed E-state index contributed by atoms with van der Waals surface area (Å²) < 4.78 is 0. The highest BCUT2D eigenvalue weighted by atomic mass is 32.2. The number of likely N-dealkylation sites (tertiary alicyclic amines) is 1. The van der Waals surface area contributed by atoms with Crippen molar-refractivity contribution in [2.75, 3.05) is 44.7 Å². The van der Waals surface area contributed by atoms with Gasteiger partial charge in [-0.2, -0.15) is 11.8 Å². The summed E-state index contributed by atoms with van der Waals surface area (Å²) in [4.78, 5) is 2.45. The zero-order valence-corrected chi connectivity index (χ0v) is 11.6. The average Bonchev–Trinajstić information content (AvgIpc) is 2.76. The van der Waals surface area contributed by atoms with Crippen LogP contribution in [0.15, 0.2) is 0 Å². The van der Waals surface area contributed by atoms with Crippen LogP contribution in [0.4, 0.5) is 0 Å². The Hall–Kier alpha value is 0.270. The van der Waals surface area contributed by atoms with Gasteiger partial charge in [-0.15, -0.1) is 0 Å². The van der Waals surface area contributed by atoms with Crippen LogP contribution in [-0.2, 0) is 0 Å². The maximum atomic E-state index is 3.72. The van der Waals surface area contributed by atoms with E-state index in [1.54, 1.807) is 0 Å². The second-order valence-electron chi connectivity index (χ2n) is 5.97. The summed E-state index contributed by atoms with van der Waals surface area (Å²) in [7, 11) is 2.24. The van der Waals surface area contributed by atoms with Crippen LogP contribution < -0.4 is 5.32 Å². The maximum Gasteiger partial charge on any atom is 0.000624 e. The number of piperidine rings is 1. The number of rotatable bonds is 4. The Bertz CT molecular complexity index is 206. The van der Waals surface area contributed by atoms with E-state index >= 15 is 0 Å². The molecule has 2 heterocycles. The van der Waals surface area contributed by atoms with Gasteiger partial charge < -0.3 is 10.2 Å². The van der Waals surface area contributed by atoms with Crippen LogP contribution in [-0.4, -0.2) is 49.6 Å². The van der Waals surface area contributed by atoms with Gasteiger partial charge in [-0.05, 0) is 68.8 Å². The van der Waals surface area contributed by atoms with Crippen LogP contribution >= 0.6 is 11.8 Å². The Labute approximate surface area is 105 Å². The first kappa shape index (κ1) is 12.7. The molecule has 0 aliphatic carbocycles. The molecular formula is C13H26N2S. The highest BCUT2D eigenvalue weighted by molar-refractivity contribution is 7.99. The zero-order chi connectivity index (χ0) is 11.4. The summed E-state index contributed by atoms with van der Waals surface area (Å²) in [5.74, 6) is 3.71. The maximum absolute atomic E-state index is 3.72. The number of thioether (sulfide) groups is 1. The predicted molar refractivity (Wildman–Crippen MR) is 73.1 cm³/mol. The lowest BCUT2D eigenvalue weighted by Crippen LogP contribution is -2.42. The molecule has 1 atom stereocenters. The van der Waals surface area contributed by atoms with E-state index in [-0.39, 0.29) is 0 Å². The van der Waals surface area contributed by atoms with E-state index in [9.17, 15) is 0 Å². The Kier molecular flexibility index (Phi) is 4.57. The first-order valence-corrected chi connectivity index (χ1v) is 7.80. The molecule has 0 amide bonds. The molecule has 0 aromatic rings. The van der Waals surface area contributed by atoms with Crippen LogP contribution in [0.1, 0.15) is 26.2 Å². The summed E-state index contributed by atoms with van der Waals surface area (Å²) in [6.07, 6.45) is 4.14. The molecule has 16 heavy (non-hydrogen) atoms. The Morgan fingerprint density at radius 1 is 1.38 bits per heavy atom. The summed E-state index contributed by atoms with van der Waals surface area (Å²) in [6, 6.07) is 0. The van der Waals surface area contributed by atoms with Gasteiger partial charge in [-0.25, -0.2) is 0 Å². The summed E-state index contributed by atoms with van der Waals surface area (Å²) in [6.45, 7) is 7.48. The molecule has 1 N–H and O–H groups in total. The number of hydrogen-bond donors (Lipinski definition) is 1. The lowest BCUT2D eigenvalue weighted by atomic mass is 9.80. The summed E-state index contributed by atoms with van der Waals surface area (Å²) in [5, 5.41) is 3.72. The quantitative estimate of drug-likeness (QED) is 0.812. The fraction of sp³-hybridized carbons (Fsp3) is 1.00. The molecule has 0 aromatic carbocycles. The van der Waals surface area contributed by atoms with Crippen molar-refractivity contribution in [3.8, 4) is 0 Å². The van der Waals surface area contributed by atoms with Crippen molar-refractivity contribution in [2.45, 2.75) is 26.2 Å². The molecule has 2 aliphatic heterocycles. The Morgan fingerprint density at radius 2 is 2.12 bits per heavy atom. The molecule has 94 valence electrons. The van der Waals surface area contributed by atoms with E-state index in [1.807, 2.05) is 0 Å². The minimum atomic E-state index is 0.554. The van der Waals surface area contributed by atoms with Crippen LogP contribution in [0, 0.1) is 11.3 Å². The van der Waals surface area contributed by atoms with Crippen molar-refractivity contribution in [1.82, 2.24) is 10.2 Å². The second-order valence-corrected chi connectivity index (χ2v) is 7.12. The van der Waals surface area contributed by atoms with Crippen LogP contribution in [0.3, 0.4) is 0 Å². The van der Waals surface area contributed by atoms with Gasteiger partial charge in [0.2, 0.25) is 0 Å². The van der Waals surface area contributed by atoms with E-state index in [1.165, 1.54) is 56.9 Å². The molecule has 0 spiro atoms. The molecule has 2 nitrogen and oxygen atoms in total. The van der Waals surface area contributed by atoms with Crippen molar-refractivity contribution in [3.05, 3.63) is 0 Å². The highest BCUT2D eigenvalue weighted by Gasteiger charge is 2.28. The fourth-order valence-corrected chi connectivity index (χ4v) is 3.94. The smallest absolute Gasteiger partial charge is 0.000624 e. The van der Waals surface area contributed by atoms with E-state index in [2.05, 4.69) is 35.9 Å². The van der Waals surface area contributed by atoms with Crippen LogP contribution in [0.5, 0.6) is 0 Å². The fourth-order valence-electron chi connectivity index (χ4n) is 2.66. The SMILES string of the molecule is CN1CCC(C)(CNCC2CCSC2)CC1. The lowest BCUT2D eigenvalue weighted by molar-refractivity contribution is 0.136. The van der Waals surface area contributed by atoms with Gasteiger partial charge in [0.15, 0.2) is 0 Å². The normalized spacial score (nSPS) is 30.8. The predicted octanol–water partition coefficient (Wildman–Crippen LogP) is 2.06. The summed E-state index contributed by atoms with van der Waals surface area (Å²) >= 11 is 2.12.